The van der Waals surface area contributed by atoms with Crippen LogP contribution in [0.3, 0.4) is 0 Å². The lowest BCUT2D eigenvalue weighted by Crippen LogP contribution is -2.15. The van der Waals surface area contributed by atoms with Gasteiger partial charge in [-0.2, -0.15) is 0 Å². The zero-order valence-corrected chi connectivity index (χ0v) is 17.0. The molecule has 2 heterocycles. The summed E-state index contributed by atoms with van der Waals surface area (Å²) in [6.45, 7) is 5.73. The molecule has 2 aromatic carbocycles. The number of amides is 1. The van der Waals surface area contributed by atoms with Gasteiger partial charge in [0.15, 0.2) is 0 Å². The van der Waals surface area contributed by atoms with Crippen LogP contribution in [0.15, 0.2) is 66.9 Å². The molecule has 0 aliphatic carbocycles. The maximum absolute atomic E-state index is 11.8. The third kappa shape index (κ3) is 4.98. The number of nitrogens with zero attached hydrogens (tertiary/aromatic N) is 1. The molecule has 3 aromatic rings. The topological polar surface area (TPSA) is 60.5 Å². The quantitative estimate of drug-likeness (QED) is 0.572. The molecule has 1 amide bonds. The predicted octanol–water partition coefficient (Wildman–Crippen LogP) is 5.74. The van der Waals surface area contributed by atoms with Crippen LogP contribution < -0.4 is 14.8 Å². The molecule has 0 saturated carbocycles. The molecule has 1 unspecified atom stereocenters. The van der Waals surface area contributed by atoms with Crippen LogP contribution in [-0.4, -0.2) is 10.9 Å². The number of nitrogens with one attached hydrogen (secondary N) is 1. The summed E-state index contributed by atoms with van der Waals surface area (Å²) in [6.07, 6.45) is 3.91. The summed E-state index contributed by atoms with van der Waals surface area (Å²) in [6, 6.07) is 19.7. The number of anilines is 1. The summed E-state index contributed by atoms with van der Waals surface area (Å²) in [5.74, 6) is 2.07. The fraction of sp³-hybridized carbons (Fsp3) is 0.240. The number of hydrogen-bond acceptors (Lipinski definition) is 4. The van der Waals surface area contributed by atoms with E-state index in [2.05, 4.69) is 29.4 Å². The first-order chi connectivity index (χ1) is 14.6. The number of carbonyl (C=O) groups excluding carboxylic acids is 1. The highest BCUT2D eigenvalue weighted by Crippen LogP contribution is 2.37. The summed E-state index contributed by atoms with van der Waals surface area (Å²) < 4.78 is 12.1. The molecule has 2 atom stereocenters. The summed E-state index contributed by atoms with van der Waals surface area (Å²) in [4.78, 5) is 16.1. The summed E-state index contributed by atoms with van der Waals surface area (Å²) in [5.41, 5.74) is 2.97. The van der Waals surface area contributed by atoms with Crippen LogP contribution in [0.25, 0.3) is 0 Å². The average Bonchev–Trinajstić information content (AvgIpc) is 2.75. The van der Waals surface area contributed by atoms with Gasteiger partial charge in [0.25, 0.3) is 0 Å². The number of pyridine rings is 1. The Morgan fingerprint density at radius 1 is 1.23 bits per heavy atom. The molecule has 5 nitrogen and oxygen atoms in total. The van der Waals surface area contributed by atoms with Crippen molar-refractivity contribution in [1.29, 1.82) is 0 Å². The highest BCUT2D eigenvalue weighted by Gasteiger charge is 2.21. The number of carbonyl (C=O) groups is 1. The first-order valence-corrected chi connectivity index (χ1v) is 10.2. The van der Waals surface area contributed by atoms with Crippen molar-refractivity contribution >= 4 is 11.6 Å². The van der Waals surface area contributed by atoms with Crippen molar-refractivity contribution in [2.45, 2.75) is 32.3 Å². The lowest BCUT2D eigenvalue weighted by atomic mass is 9.97. The first kappa shape index (κ1) is 20.0. The fourth-order valence-electron chi connectivity index (χ4n) is 3.49. The Morgan fingerprint density at radius 2 is 2.07 bits per heavy atom. The van der Waals surface area contributed by atoms with E-state index in [9.17, 15) is 4.79 Å². The van der Waals surface area contributed by atoms with Gasteiger partial charge in [-0.3, -0.25) is 4.79 Å². The first-order valence-electron chi connectivity index (χ1n) is 10.2. The molecule has 30 heavy (non-hydrogen) atoms. The minimum absolute atomic E-state index is 0.0662. The van der Waals surface area contributed by atoms with Gasteiger partial charge in [0.05, 0.1) is 11.9 Å². The van der Waals surface area contributed by atoms with Gasteiger partial charge in [-0.25, -0.2) is 4.98 Å². The van der Waals surface area contributed by atoms with Crippen molar-refractivity contribution in [3.8, 4) is 17.4 Å². The van der Waals surface area contributed by atoms with E-state index >= 15 is 0 Å². The Morgan fingerprint density at radius 3 is 2.80 bits per heavy atom. The van der Waals surface area contributed by atoms with Crippen molar-refractivity contribution in [2.75, 3.05) is 5.32 Å². The highest BCUT2D eigenvalue weighted by molar-refractivity contribution is 5.90. The van der Waals surface area contributed by atoms with Gasteiger partial charge in [-0.15, -0.1) is 0 Å². The van der Waals surface area contributed by atoms with Crippen molar-refractivity contribution < 1.29 is 14.3 Å². The van der Waals surface area contributed by atoms with Gasteiger partial charge in [-0.1, -0.05) is 37.3 Å². The van der Waals surface area contributed by atoms with E-state index in [0.717, 1.165) is 24.2 Å². The zero-order valence-electron chi connectivity index (χ0n) is 17.0. The summed E-state index contributed by atoms with van der Waals surface area (Å²) in [7, 11) is 0. The molecule has 1 aliphatic rings. The third-order valence-corrected chi connectivity index (χ3v) is 4.92. The second-order valence-corrected chi connectivity index (χ2v) is 7.67. The van der Waals surface area contributed by atoms with Crippen molar-refractivity contribution in [1.82, 2.24) is 4.98 Å². The maximum atomic E-state index is 11.8. The van der Waals surface area contributed by atoms with E-state index in [1.54, 1.807) is 18.3 Å². The normalized spacial score (nSPS) is 15.2. The van der Waals surface area contributed by atoms with E-state index < -0.39 is 0 Å². The molecule has 0 spiro atoms. The summed E-state index contributed by atoms with van der Waals surface area (Å²) in [5, 5.41) is 2.81. The largest absolute Gasteiger partial charge is 0.485 e. The molecule has 4 rings (SSSR count). The van der Waals surface area contributed by atoms with E-state index in [1.165, 1.54) is 5.56 Å². The van der Waals surface area contributed by atoms with Crippen LogP contribution >= 0.6 is 0 Å². The Kier molecular flexibility index (Phi) is 5.98. The van der Waals surface area contributed by atoms with Crippen LogP contribution in [0.5, 0.6) is 17.4 Å². The number of ether oxygens (including phenoxy) is 2. The Labute approximate surface area is 177 Å². The molecule has 5 heteroatoms. The fourth-order valence-corrected chi connectivity index (χ4v) is 3.49. The second-order valence-electron chi connectivity index (χ2n) is 7.67. The molecular formula is C25H25N2O3. The van der Waals surface area contributed by atoms with E-state index in [-0.39, 0.29) is 17.9 Å². The second kappa shape index (κ2) is 8.99. The van der Waals surface area contributed by atoms with Crippen molar-refractivity contribution in [3.05, 3.63) is 84.9 Å². The number of aryl methyl sites for hydroxylation is 1. The monoisotopic (exact) mass is 401 g/mol. The van der Waals surface area contributed by atoms with Crippen LogP contribution in [0.1, 0.15) is 37.0 Å². The van der Waals surface area contributed by atoms with Gasteiger partial charge in [0.2, 0.25) is 11.8 Å². The Balaban J connectivity index is 1.39. The van der Waals surface area contributed by atoms with Gasteiger partial charge in [0, 0.05) is 12.5 Å². The van der Waals surface area contributed by atoms with Crippen LogP contribution in [0.2, 0.25) is 0 Å². The molecule has 0 saturated heterocycles. The minimum Gasteiger partial charge on any atom is -0.485 e. The molecule has 0 fully saturated rings. The Hall–Kier alpha value is -3.34. The van der Waals surface area contributed by atoms with Crippen LogP contribution in [-0.2, 0) is 11.2 Å². The standard InChI is InChI=1S/C25H25N2O3/c1-17(2)14-24(28)27-20-9-13-25(26-16-20)29-21-10-12-23-19(15-21)8-11-22(30-23)18-6-4-3-5-7-18/h3-7,9-10,12-13,15-17,22H,1,8,11,14H2,2H3,(H,27,28)/t17-,22?/m0/s1. The minimum atomic E-state index is -0.0727. The highest BCUT2D eigenvalue weighted by atomic mass is 16.5. The molecule has 1 aromatic heterocycles. The van der Waals surface area contributed by atoms with Crippen LogP contribution in [0.4, 0.5) is 5.69 Å². The zero-order chi connectivity index (χ0) is 20.9. The number of hydrogen-bond donors (Lipinski definition) is 1. The van der Waals surface area contributed by atoms with E-state index in [1.807, 2.05) is 43.3 Å². The maximum Gasteiger partial charge on any atom is 0.224 e. The number of aromatic nitrogens is 1. The Bertz CT molecular complexity index is 1000. The average molecular weight is 401 g/mol. The van der Waals surface area contributed by atoms with Gasteiger partial charge in [0.1, 0.15) is 17.6 Å². The van der Waals surface area contributed by atoms with Crippen molar-refractivity contribution in [2.24, 2.45) is 5.92 Å². The van der Waals surface area contributed by atoms with Gasteiger partial charge in [-0.05, 0) is 61.1 Å². The molecule has 1 radical (unpaired) electrons. The molecule has 153 valence electrons. The third-order valence-electron chi connectivity index (χ3n) is 4.92. The lowest BCUT2D eigenvalue weighted by Gasteiger charge is -2.26. The van der Waals surface area contributed by atoms with Gasteiger partial charge >= 0.3 is 0 Å². The van der Waals surface area contributed by atoms with Crippen molar-refractivity contribution in [3.63, 3.8) is 0 Å². The lowest BCUT2D eigenvalue weighted by molar-refractivity contribution is -0.116. The number of rotatable bonds is 6. The van der Waals surface area contributed by atoms with Gasteiger partial charge < -0.3 is 14.8 Å². The number of benzene rings is 2. The molecule has 0 bridgehead atoms. The smallest absolute Gasteiger partial charge is 0.224 e. The molecule has 1 aliphatic heterocycles. The molecule has 1 N–H and O–H groups in total. The SMILES string of the molecule is [CH2][C@@H](C)CC(=O)Nc1ccc(Oc2ccc3c(c2)CCC(c2ccccc2)O3)nc1. The molecular weight excluding hydrogens is 376 g/mol. The predicted molar refractivity (Wildman–Crippen MR) is 117 cm³/mol. The van der Waals surface area contributed by atoms with E-state index in [0.29, 0.717) is 23.7 Å². The number of fused-ring (bicyclic) bond motifs is 1. The summed E-state index contributed by atoms with van der Waals surface area (Å²) >= 11 is 0. The van der Waals surface area contributed by atoms with E-state index in [4.69, 9.17) is 9.47 Å². The van der Waals surface area contributed by atoms with Crippen LogP contribution in [0, 0.1) is 12.8 Å².